The van der Waals surface area contributed by atoms with E-state index in [0.29, 0.717) is 23.9 Å². The van der Waals surface area contributed by atoms with Crippen LogP contribution in [-0.4, -0.2) is 48.9 Å². The Balaban J connectivity index is 1.80. The summed E-state index contributed by atoms with van der Waals surface area (Å²) >= 11 is 1.51. The number of hydrogen-bond acceptors (Lipinski definition) is 6. The summed E-state index contributed by atoms with van der Waals surface area (Å²) in [5.74, 6) is 1.31. The molecule has 142 valence electrons. The van der Waals surface area contributed by atoms with Crippen molar-refractivity contribution < 1.29 is 23.8 Å². The van der Waals surface area contributed by atoms with Gasteiger partial charge in [0.05, 0.1) is 25.6 Å². The van der Waals surface area contributed by atoms with Crippen LogP contribution >= 0.6 is 11.8 Å². The largest absolute Gasteiger partial charge is 0.493 e. The Labute approximate surface area is 158 Å². The van der Waals surface area contributed by atoms with Crippen molar-refractivity contribution in [1.82, 2.24) is 4.90 Å². The van der Waals surface area contributed by atoms with Crippen LogP contribution in [0.4, 0.5) is 0 Å². The fourth-order valence-electron chi connectivity index (χ4n) is 3.37. The molecule has 1 aromatic rings. The maximum absolute atomic E-state index is 12.2. The number of ether oxygens (including phenoxy) is 3. The van der Waals surface area contributed by atoms with Crippen LogP contribution in [0.3, 0.4) is 0 Å². The van der Waals surface area contributed by atoms with E-state index < -0.39 is 0 Å². The number of amides is 1. The van der Waals surface area contributed by atoms with Crippen LogP contribution in [0, 0.1) is 0 Å². The molecule has 7 heteroatoms. The second-order valence-corrected chi connectivity index (χ2v) is 7.49. The number of nitrogens with zero attached hydrogens (tertiary/aromatic N) is 1. The van der Waals surface area contributed by atoms with Gasteiger partial charge < -0.3 is 19.1 Å². The molecular formula is C19H25NO5S. The Hall–Kier alpha value is -1.89. The van der Waals surface area contributed by atoms with E-state index in [-0.39, 0.29) is 29.9 Å². The summed E-state index contributed by atoms with van der Waals surface area (Å²) in [6.07, 6.45) is 4.70. The van der Waals surface area contributed by atoms with E-state index in [1.165, 1.54) is 24.6 Å². The number of rotatable bonds is 7. The standard InChI is InChI=1S/C19H25NO5S/c1-3-24-18(22)11-20-17(21)12-26-19(20)13-8-9-15(23-2)16(10-13)25-14-6-4-5-7-14/h8-10,14,19H,3-7,11-12H2,1-2H3. The maximum atomic E-state index is 12.2. The van der Waals surface area contributed by atoms with E-state index in [1.807, 2.05) is 18.2 Å². The number of hydrogen-bond donors (Lipinski definition) is 0. The average Bonchev–Trinajstić information content (AvgIpc) is 3.26. The van der Waals surface area contributed by atoms with Crippen molar-refractivity contribution >= 4 is 23.6 Å². The third-order valence-corrected chi connectivity index (χ3v) is 5.90. The van der Waals surface area contributed by atoms with Crippen molar-refractivity contribution in [2.45, 2.75) is 44.1 Å². The van der Waals surface area contributed by atoms with E-state index in [9.17, 15) is 9.59 Å². The van der Waals surface area contributed by atoms with Crippen molar-refractivity contribution in [2.24, 2.45) is 0 Å². The average molecular weight is 379 g/mol. The molecule has 1 atom stereocenters. The highest BCUT2D eigenvalue weighted by Crippen LogP contribution is 2.42. The molecule has 6 nitrogen and oxygen atoms in total. The van der Waals surface area contributed by atoms with Crippen molar-refractivity contribution in [3.8, 4) is 11.5 Å². The number of thioether (sulfide) groups is 1. The minimum absolute atomic E-state index is 0.0326. The summed E-state index contributed by atoms with van der Waals surface area (Å²) in [6.45, 7) is 2.03. The molecular weight excluding hydrogens is 354 g/mol. The van der Waals surface area contributed by atoms with Crippen molar-refractivity contribution in [3.05, 3.63) is 23.8 Å². The van der Waals surface area contributed by atoms with Crippen molar-refractivity contribution in [2.75, 3.05) is 26.0 Å². The fraction of sp³-hybridized carbons (Fsp3) is 0.579. The first-order valence-electron chi connectivity index (χ1n) is 9.03. The number of esters is 1. The predicted molar refractivity (Wildman–Crippen MR) is 99.4 cm³/mol. The summed E-state index contributed by atoms with van der Waals surface area (Å²) in [5.41, 5.74) is 0.930. The van der Waals surface area contributed by atoms with E-state index in [0.717, 1.165) is 18.4 Å². The van der Waals surface area contributed by atoms with Crippen LogP contribution in [0.2, 0.25) is 0 Å². The van der Waals surface area contributed by atoms with Gasteiger partial charge in [-0.05, 0) is 50.3 Å². The lowest BCUT2D eigenvalue weighted by molar-refractivity contribution is -0.148. The van der Waals surface area contributed by atoms with Crippen LogP contribution < -0.4 is 9.47 Å². The Morgan fingerprint density at radius 2 is 2.04 bits per heavy atom. The van der Waals surface area contributed by atoms with Gasteiger partial charge in [-0.2, -0.15) is 0 Å². The molecule has 2 fully saturated rings. The quantitative estimate of drug-likeness (QED) is 0.678. The second kappa shape index (κ2) is 8.66. The Kier molecular flexibility index (Phi) is 6.29. The molecule has 26 heavy (non-hydrogen) atoms. The summed E-state index contributed by atoms with van der Waals surface area (Å²) in [7, 11) is 1.62. The van der Waals surface area contributed by atoms with E-state index in [4.69, 9.17) is 14.2 Å². The van der Waals surface area contributed by atoms with Gasteiger partial charge in [0.2, 0.25) is 5.91 Å². The van der Waals surface area contributed by atoms with Gasteiger partial charge in [0.25, 0.3) is 0 Å². The molecule has 1 aromatic carbocycles. The molecule has 2 aliphatic rings. The van der Waals surface area contributed by atoms with Gasteiger partial charge in [0.1, 0.15) is 11.9 Å². The lowest BCUT2D eigenvalue weighted by Gasteiger charge is -2.24. The SMILES string of the molecule is CCOC(=O)CN1C(=O)CSC1c1ccc(OC)c(OC2CCCC2)c1. The summed E-state index contributed by atoms with van der Waals surface area (Å²) in [5, 5.41) is -0.219. The molecule has 1 heterocycles. The minimum Gasteiger partial charge on any atom is -0.493 e. The molecule has 0 spiro atoms. The first-order valence-corrected chi connectivity index (χ1v) is 10.1. The van der Waals surface area contributed by atoms with Gasteiger partial charge in [-0.15, -0.1) is 11.8 Å². The molecule has 1 aliphatic carbocycles. The molecule has 1 saturated heterocycles. The second-order valence-electron chi connectivity index (χ2n) is 6.42. The van der Waals surface area contributed by atoms with Gasteiger partial charge in [0.15, 0.2) is 11.5 Å². The van der Waals surface area contributed by atoms with E-state index in [1.54, 1.807) is 18.9 Å². The Morgan fingerprint density at radius 3 is 2.73 bits per heavy atom. The third-order valence-electron chi connectivity index (χ3n) is 4.64. The molecule has 3 rings (SSSR count). The molecule has 1 amide bonds. The van der Waals surface area contributed by atoms with Crippen LogP contribution in [0.5, 0.6) is 11.5 Å². The minimum atomic E-state index is -0.385. The summed E-state index contributed by atoms with van der Waals surface area (Å²) in [6, 6.07) is 5.73. The van der Waals surface area contributed by atoms with Gasteiger partial charge in [-0.25, -0.2) is 0 Å². The number of carbonyl (C=O) groups is 2. The predicted octanol–water partition coefficient (Wildman–Crippen LogP) is 3.15. The van der Waals surface area contributed by atoms with Crippen LogP contribution in [0.25, 0.3) is 0 Å². The first-order chi connectivity index (χ1) is 12.6. The zero-order valence-corrected chi connectivity index (χ0v) is 16.0. The highest BCUT2D eigenvalue weighted by atomic mass is 32.2. The molecule has 1 aliphatic heterocycles. The normalized spacial score (nSPS) is 20.5. The lowest BCUT2D eigenvalue weighted by Crippen LogP contribution is -2.34. The molecule has 0 N–H and O–H groups in total. The van der Waals surface area contributed by atoms with Gasteiger partial charge >= 0.3 is 5.97 Å². The van der Waals surface area contributed by atoms with Crippen LogP contribution in [-0.2, 0) is 14.3 Å². The smallest absolute Gasteiger partial charge is 0.325 e. The van der Waals surface area contributed by atoms with E-state index >= 15 is 0 Å². The topological polar surface area (TPSA) is 65.1 Å². The monoisotopic (exact) mass is 379 g/mol. The molecule has 0 bridgehead atoms. The fourth-order valence-corrected chi connectivity index (χ4v) is 4.55. The summed E-state index contributed by atoms with van der Waals surface area (Å²) < 4.78 is 16.6. The third kappa shape index (κ3) is 4.26. The van der Waals surface area contributed by atoms with Gasteiger partial charge in [-0.3, -0.25) is 9.59 Å². The van der Waals surface area contributed by atoms with Gasteiger partial charge in [-0.1, -0.05) is 6.07 Å². The molecule has 0 radical (unpaired) electrons. The lowest BCUT2D eigenvalue weighted by atomic mass is 10.1. The maximum Gasteiger partial charge on any atom is 0.325 e. The molecule has 1 saturated carbocycles. The first kappa shape index (κ1) is 18.9. The Morgan fingerprint density at radius 1 is 1.27 bits per heavy atom. The zero-order valence-electron chi connectivity index (χ0n) is 15.2. The van der Waals surface area contributed by atoms with Crippen LogP contribution in [0.15, 0.2) is 18.2 Å². The van der Waals surface area contributed by atoms with Crippen molar-refractivity contribution in [1.29, 1.82) is 0 Å². The Bertz CT molecular complexity index is 659. The van der Waals surface area contributed by atoms with Gasteiger partial charge in [0, 0.05) is 0 Å². The number of carbonyl (C=O) groups excluding carboxylic acids is 2. The van der Waals surface area contributed by atoms with E-state index in [2.05, 4.69) is 0 Å². The zero-order chi connectivity index (χ0) is 18.5. The highest BCUT2D eigenvalue weighted by Gasteiger charge is 2.35. The number of methoxy groups -OCH3 is 1. The van der Waals surface area contributed by atoms with Crippen molar-refractivity contribution in [3.63, 3.8) is 0 Å². The number of benzene rings is 1. The summed E-state index contributed by atoms with van der Waals surface area (Å²) in [4.78, 5) is 25.6. The van der Waals surface area contributed by atoms with Crippen LogP contribution in [0.1, 0.15) is 43.5 Å². The highest BCUT2D eigenvalue weighted by molar-refractivity contribution is 8.00. The molecule has 0 aromatic heterocycles. The molecule has 1 unspecified atom stereocenters.